The lowest BCUT2D eigenvalue weighted by atomic mass is 10.1. The second-order valence-corrected chi connectivity index (χ2v) is 5.39. The Morgan fingerprint density at radius 1 is 0.833 bits per heavy atom. The van der Waals surface area contributed by atoms with Crippen LogP contribution in [-0.2, 0) is 19.1 Å². The lowest BCUT2D eigenvalue weighted by Gasteiger charge is -2.22. The van der Waals surface area contributed by atoms with Crippen molar-refractivity contribution in [1.29, 1.82) is 0 Å². The number of ether oxygens (including phenoxy) is 2. The van der Waals surface area contributed by atoms with Crippen molar-refractivity contribution in [3.05, 3.63) is 0 Å². The Kier molecular flexibility index (Phi) is 5.94. The maximum Gasteiger partial charge on any atom is 0.302 e. The van der Waals surface area contributed by atoms with E-state index in [0.717, 1.165) is 0 Å². The van der Waals surface area contributed by atoms with Crippen LogP contribution in [0.3, 0.4) is 0 Å². The summed E-state index contributed by atoms with van der Waals surface area (Å²) < 4.78 is 9.78. The molecule has 0 N–H and O–H groups in total. The first kappa shape index (κ1) is 16.5. The highest BCUT2D eigenvalue weighted by Crippen LogP contribution is 2.16. The first-order chi connectivity index (χ1) is 8.04. The zero-order valence-corrected chi connectivity index (χ0v) is 11.9. The van der Waals surface area contributed by atoms with Crippen LogP contribution in [0.15, 0.2) is 10.2 Å². The Morgan fingerprint density at radius 3 is 1.33 bits per heavy atom. The summed E-state index contributed by atoms with van der Waals surface area (Å²) >= 11 is 0. The molecule has 0 bridgehead atoms. The number of hydrogen-bond acceptors (Lipinski definition) is 6. The Balaban J connectivity index is 4.40. The van der Waals surface area contributed by atoms with Crippen molar-refractivity contribution in [2.75, 3.05) is 13.2 Å². The minimum absolute atomic E-state index is 0.162. The molecule has 0 saturated carbocycles. The molecule has 104 valence electrons. The van der Waals surface area contributed by atoms with Crippen molar-refractivity contribution >= 4 is 11.9 Å². The molecule has 0 aliphatic carbocycles. The number of hydrogen-bond donors (Lipinski definition) is 0. The molecule has 0 unspecified atom stereocenters. The summed E-state index contributed by atoms with van der Waals surface area (Å²) in [5.41, 5.74) is -1.20. The fraction of sp³-hybridized carbons (Fsp3) is 0.833. The van der Waals surface area contributed by atoms with E-state index in [1.54, 1.807) is 27.7 Å². The molecule has 0 saturated heterocycles. The van der Waals surface area contributed by atoms with Gasteiger partial charge in [-0.05, 0) is 27.7 Å². The zero-order valence-electron chi connectivity index (χ0n) is 11.9. The van der Waals surface area contributed by atoms with Crippen molar-refractivity contribution in [1.82, 2.24) is 0 Å². The molecule has 0 heterocycles. The van der Waals surface area contributed by atoms with Crippen LogP contribution in [-0.4, -0.2) is 36.2 Å². The molecule has 18 heavy (non-hydrogen) atoms. The van der Waals surface area contributed by atoms with Gasteiger partial charge in [0.05, 0.1) is 0 Å². The van der Waals surface area contributed by atoms with Gasteiger partial charge in [0.15, 0.2) is 0 Å². The number of nitrogens with zero attached hydrogens (tertiary/aromatic N) is 2. The molecular formula is C12H22N2O4. The molecule has 6 nitrogen and oxygen atoms in total. The van der Waals surface area contributed by atoms with E-state index in [1.807, 2.05) is 0 Å². The van der Waals surface area contributed by atoms with Gasteiger partial charge in [-0.15, -0.1) is 0 Å². The van der Waals surface area contributed by atoms with Crippen LogP contribution in [0.4, 0.5) is 0 Å². The van der Waals surface area contributed by atoms with Crippen LogP contribution in [0.1, 0.15) is 41.5 Å². The number of carbonyl (C=O) groups is 2. The highest BCUT2D eigenvalue weighted by atomic mass is 16.5. The van der Waals surface area contributed by atoms with Gasteiger partial charge in [-0.25, -0.2) is 0 Å². The van der Waals surface area contributed by atoms with E-state index in [0.29, 0.717) is 0 Å². The molecule has 0 spiro atoms. The largest absolute Gasteiger partial charge is 0.463 e. The Hall–Kier alpha value is -1.46. The smallest absolute Gasteiger partial charge is 0.302 e. The third-order valence-electron chi connectivity index (χ3n) is 1.85. The molecule has 0 amide bonds. The molecular weight excluding hydrogens is 236 g/mol. The molecule has 0 aliphatic heterocycles. The Morgan fingerprint density at radius 2 is 1.11 bits per heavy atom. The molecule has 0 aliphatic rings. The van der Waals surface area contributed by atoms with Crippen LogP contribution >= 0.6 is 0 Å². The molecule has 0 rings (SSSR count). The second kappa shape index (κ2) is 6.47. The Labute approximate surface area is 108 Å². The van der Waals surface area contributed by atoms with Crippen LogP contribution in [0.5, 0.6) is 0 Å². The van der Waals surface area contributed by atoms with Crippen molar-refractivity contribution < 1.29 is 19.1 Å². The molecule has 6 heteroatoms. The van der Waals surface area contributed by atoms with E-state index in [2.05, 4.69) is 10.2 Å². The van der Waals surface area contributed by atoms with E-state index in [9.17, 15) is 9.59 Å². The standard InChI is InChI=1S/C12H22N2O4/c1-9(15)17-7-11(3,4)13-14-12(5,6)8-18-10(2)16/h7-8H2,1-6H3. The average molecular weight is 258 g/mol. The van der Waals surface area contributed by atoms with Crippen molar-refractivity contribution in [3.63, 3.8) is 0 Å². The predicted molar refractivity (Wildman–Crippen MR) is 66.3 cm³/mol. The van der Waals surface area contributed by atoms with Crippen molar-refractivity contribution in [2.45, 2.75) is 52.6 Å². The van der Waals surface area contributed by atoms with Crippen molar-refractivity contribution in [2.24, 2.45) is 10.2 Å². The lowest BCUT2D eigenvalue weighted by Crippen LogP contribution is -2.29. The summed E-state index contributed by atoms with van der Waals surface area (Å²) in [5, 5.41) is 8.27. The van der Waals surface area contributed by atoms with Gasteiger partial charge in [0.2, 0.25) is 0 Å². The minimum atomic E-state index is -0.598. The molecule has 0 aromatic carbocycles. The number of rotatable bonds is 6. The summed E-state index contributed by atoms with van der Waals surface area (Å²) in [6.07, 6.45) is 0. The highest BCUT2D eigenvalue weighted by Gasteiger charge is 2.23. The predicted octanol–water partition coefficient (Wildman–Crippen LogP) is 2.12. The van der Waals surface area contributed by atoms with Crippen LogP contribution in [0, 0.1) is 0 Å². The van der Waals surface area contributed by atoms with Gasteiger partial charge < -0.3 is 9.47 Å². The summed E-state index contributed by atoms with van der Waals surface area (Å²) in [5.74, 6) is -0.699. The molecule has 0 atom stereocenters. The molecule has 0 radical (unpaired) electrons. The Bertz CT molecular complexity index is 303. The first-order valence-electron chi connectivity index (χ1n) is 5.75. The van der Waals surface area contributed by atoms with E-state index in [4.69, 9.17) is 9.47 Å². The number of esters is 2. The average Bonchev–Trinajstić information content (AvgIpc) is 2.22. The van der Waals surface area contributed by atoms with E-state index < -0.39 is 11.1 Å². The summed E-state index contributed by atoms with van der Waals surface area (Å²) in [4.78, 5) is 21.4. The topological polar surface area (TPSA) is 77.3 Å². The van der Waals surface area contributed by atoms with Gasteiger partial charge in [0, 0.05) is 13.8 Å². The van der Waals surface area contributed by atoms with Gasteiger partial charge in [0.1, 0.15) is 24.3 Å². The third-order valence-corrected chi connectivity index (χ3v) is 1.85. The van der Waals surface area contributed by atoms with Crippen molar-refractivity contribution in [3.8, 4) is 0 Å². The quantitative estimate of drug-likeness (QED) is 0.540. The summed E-state index contributed by atoms with van der Waals surface area (Å²) in [6, 6.07) is 0. The van der Waals surface area contributed by atoms with Crippen LogP contribution in [0.25, 0.3) is 0 Å². The minimum Gasteiger partial charge on any atom is -0.463 e. The van der Waals surface area contributed by atoms with Crippen LogP contribution in [0.2, 0.25) is 0 Å². The summed E-state index contributed by atoms with van der Waals surface area (Å²) in [6.45, 7) is 10.2. The zero-order chi connectivity index (χ0) is 14.4. The third kappa shape index (κ3) is 8.66. The fourth-order valence-electron chi connectivity index (χ4n) is 0.885. The second-order valence-electron chi connectivity index (χ2n) is 5.39. The maximum atomic E-state index is 10.7. The van der Waals surface area contributed by atoms with Gasteiger partial charge >= 0.3 is 11.9 Å². The number of carbonyl (C=O) groups excluding carboxylic acids is 2. The molecule has 0 aromatic rings. The van der Waals surface area contributed by atoms with Gasteiger partial charge in [-0.1, -0.05) is 0 Å². The monoisotopic (exact) mass is 258 g/mol. The normalized spacial score (nSPS) is 12.6. The first-order valence-corrected chi connectivity index (χ1v) is 5.75. The maximum absolute atomic E-state index is 10.7. The number of azo groups is 1. The lowest BCUT2D eigenvalue weighted by molar-refractivity contribution is -0.143. The van der Waals surface area contributed by atoms with Gasteiger partial charge in [-0.2, -0.15) is 10.2 Å². The van der Waals surface area contributed by atoms with E-state index >= 15 is 0 Å². The highest BCUT2D eigenvalue weighted by molar-refractivity contribution is 5.66. The van der Waals surface area contributed by atoms with E-state index in [-0.39, 0.29) is 25.2 Å². The van der Waals surface area contributed by atoms with Gasteiger partial charge in [-0.3, -0.25) is 9.59 Å². The van der Waals surface area contributed by atoms with E-state index in [1.165, 1.54) is 13.8 Å². The van der Waals surface area contributed by atoms with Crippen LogP contribution < -0.4 is 0 Å². The fourth-order valence-corrected chi connectivity index (χ4v) is 0.885. The summed E-state index contributed by atoms with van der Waals surface area (Å²) in [7, 11) is 0. The SMILES string of the molecule is CC(=O)OCC(C)(C)N=NC(C)(C)COC(C)=O. The molecule has 0 fully saturated rings. The van der Waals surface area contributed by atoms with Gasteiger partial charge in [0.25, 0.3) is 0 Å². The molecule has 0 aromatic heterocycles.